The van der Waals surface area contributed by atoms with Gasteiger partial charge in [-0.15, -0.1) is 0 Å². The van der Waals surface area contributed by atoms with Gasteiger partial charge in [-0.25, -0.2) is 0 Å². The highest BCUT2D eigenvalue weighted by molar-refractivity contribution is 5.95. The molecule has 3 nitrogen and oxygen atoms in total. The van der Waals surface area contributed by atoms with Gasteiger partial charge in [0.25, 0.3) is 0 Å². The Morgan fingerprint density at radius 3 is 1.50 bits per heavy atom. The molecule has 16 heteroatoms. The molecule has 166 valence electrons. The summed E-state index contributed by atoms with van der Waals surface area (Å²) in [6, 6.07) is 0. The molecule has 0 atom stereocenters. The van der Waals surface area contributed by atoms with Gasteiger partial charge in [0.1, 0.15) is 0 Å². The van der Waals surface area contributed by atoms with Crippen LogP contribution in [0.5, 0.6) is 0 Å². The third-order valence-corrected chi connectivity index (χ3v) is 3.09. The monoisotopic (exact) mass is 447 g/mol. The fourth-order valence-electron chi connectivity index (χ4n) is 1.52. The van der Waals surface area contributed by atoms with E-state index in [1.54, 1.807) is 0 Å². The first-order valence-electron chi connectivity index (χ1n) is 6.71. The minimum atomic E-state index is -7.96. The van der Waals surface area contributed by atoms with Gasteiger partial charge < -0.3 is 10.1 Å². The topological polar surface area (TPSA) is 50.2 Å². The first-order valence-corrected chi connectivity index (χ1v) is 6.71. The van der Waals surface area contributed by atoms with Crippen molar-refractivity contribution in [2.75, 3.05) is 6.61 Å². The van der Waals surface area contributed by atoms with Crippen LogP contribution in [0.15, 0.2) is 0 Å². The van der Waals surface area contributed by atoms with Gasteiger partial charge in [-0.2, -0.15) is 57.1 Å². The number of hydrogen-bond donors (Lipinski definition) is 1. The van der Waals surface area contributed by atoms with Gasteiger partial charge in [0.15, 0.2) is 0 Å². The molecule has 0 aliphatic carbocycles. The van der Waals surface area contributed by atoms with E-state index in [-0.39, 0.29) is 0 Å². The summed E-state index contributed by atoms with van der Waals surface area (Å²) in [7, 11) is 0. The lowest BCUT2D eigenvalue weighted by atomic mass is 9.93. The summed E-state index contributed by atoms with van der Waals surface area (Å²) in [5.41, 5.74) is -0.400. The molecule has 0 aromatic rings. The fraction of sp³-hybridized carbons (Fsp3) is 0.833. The van der Waals surface area contributed by atoms with Gasteiger partial charge in [0.05, 0.1) is 19.4 Å². The third kappa shape index (κ3) is 4.45. The number of carbonyl (C=O) groups is 1. The van der Waals surface area contributed by atoms with Crippen LogP contribution in [0.3, 0.4) is 0 Å². The summed E-state index contributed by atoms with van der Waals surface area (Å²) in [6.45, 7) is -0.792. The van der Waals surface area contributed by atoms with Crippen molar-refractivity contribution in [3.63, 3.8) is 0 Å². The van der Waals surface area contributed by atoms with E-state index in [4.69, 9.17) is 5.41 Å². The van der Waals surface area contributed by atoms with Crippen molar-refractivity contribution < 1.29 is 66.6 Å². The maximum Gasteiger partial charge on any atom is 0.460 e. The van der Waals surface area contributed by atoms with Crippen LogP contribution in [0.1, 0.15) is 19.8 Å². The highest BCUT2D eigenvalue weighted by Gasteiger charge is 2.90. The van der Waals surface area contributed by atoms with Gasteiger partial charge in [-0.1, -0.05) is 0 Å². The Morgan fingerprint density at radius 1 is 0.750 bits per heavy atom. The average molecular weight is 447 g/mol. The van der Waals surface area contributed by atoms with Crippen LogP contribution < -0.4 is 0 Å². The molecule has 1 N–H and O–H groups in total. The molecule has 0 bridgehead atoms. The number of ether oxygens (including phenoxy) is 1. The molecular formula is C12H10F13NO2. The van der Waals surface area contributed by atoms with Crippen LogP contribution in [-0.2, 0) is 9.53 Å². The van der Waals surface area contributed by atoms with E-state index in [0.29, 0.717) is 0 Å². The highest BCUT2D eigenvalue weighted by atomic mass is 19.4. The Bertz CT molecular complexity index is 597. The second kappa shape index (κ2) is 7.57. The van der Waals surface area contributed by atoms with Crippen LogP contribution in [-0.4, -0.2) is 54.1 Å². The lowest BCUT2D eigenvalue weighted by Crippen LogP contribution is -2.70. The van der Waals surface area contributed by atoms with Crippen molar-refractivity contribution in [1.29, 1.82) is 5.41 Å². The molecule has 0 rings (SSSR count). The zero-order chi connectivity index (χ0) is 23.0. The van der Waals surface area contributed by atoms with Crippen molar-refractivity contribution in [3.05, 3.63) is 0 Å². The molecule has 0 unspecified atom stereocenters. The van der Waals surface area contributed by atoms with Crippen LogP contribution in [0.25, 0.3) is 0 Å². The lowest BCUT2D eigenvalue weighted by molar-refractivity contribution is -0.440. The number of carbonyl (C=O) groups excluding carboxylic acids is 1. The van der Waals surface area contributed by atoms with E-state index in [0.717, 1.165) is 6.92 Å². The van der Waals surface area contributed by atoms with Crippen LogP contribution in [0.4, 0.5) is 57.1 Å². The molecule has 0 aliphatic rings. The predicted octanol–water partition coefficient (Wildman–Crippen LogP) is 5.09. The second-order valence-corrected chi connectivity index (χ2v) is 5.43. The number of alkyl halides is 13. The van der Waals surface area contributed by atoms with Crippen molar-refractivity contribution in [3.8, 4) is 0 Å². The van der Waals surface area contributed by atoms with E-state index in [1.807, 2.05) is 0 Å². The van der Waals surface area contributed by atoms with Gasteiger partial charge in [-0.3, -0.25) is 4.79 Å². The largest absolute Gasteiger partial charge is 0.465 e. The van der Waals surface area contributed by atoms with Crippen LogP contribution >= 0.6 is 0 Å². The lowest BCUT2D eigenvalue weighted by Gasteiger charge is -2.39. The number of nitrogens with one attached hydrogen (secondary N) is 1. The first kappa shape index (κ1) is 26.2. The molecule has 0 spiro atoms. The minimum absolute atomic E-state index is 0.400. The quantitative estimate of drug-likeness (QED) is 0.304. The molecule has 0 fully saturated rings. The summed E-state index contributed by atoms with van der Waals surface area (Å²) in [5, 5.41) is 6.83. The zero-order valence-electron chi connectivity index (χ0n) is 13.4. The highest BCUT2D eigenvalue weighted by Crippen LogP contribution is 2.60. The average Bonchev–Trinajstić information content (AvgIpc) is 2.43. The molecule has 0 amide bonds. The standard InChI is InChI=1S/C12H10F13NO2/c1-5(26)4-6(27)28-3-2-7(13,14)8(15,16)9(17,18)10(19,20)11(21,22)12(23,24)25/h26H,2-4H2,1H3. The van der Waals surface area contributed by atoms with Gasteiger partial charge in [0, 0.05) is 5.71 Å². The fourth-order valence-corrected chi connectivity index (χ4v) is 1.52. The third-order valence-electron chi connectivity index (χ3n) is 3.09. The van der Waals surface area contributed by atoms with E-state index < -0.39 is 66.9 Å². The molecule has 0 saturated carbocycles. The SMILES string of the molecule is CC(=N)CC(=O)OCCC(F)(F)C(F)(F)C(F)(F)C(F)(F)C(F)(F)C(F)(F)F. The normalized spacial score (nSPS) is 14.8. The van der Waals surface area contributed by atoms with Gasteiger partial charge in [-0.05, 0) is 6.92 Å². The van der Waals surface area contributed by atoms with Crippen molar-refractivity contribution in [1.82, 2.24) is 0 Å². The van der Waals surface area contributed by atoms with Crippen molar-refractivity contribution >= 4 is 11.7 Å². The second-order valence-electron chi connectivity index (χ2n) is 5.43. The predicted molar refractivity (Wildman–Crippen MR) is 64.4 cm³/mol. The molecule has 0 aromatic heterocycles. The molecule has 0 saturated heterocycles. The molecule has 0 heterocycles. The number of halogens is 13. The maximum atomic E-state index is 13.3. The summed E-state index contributed by atoms with van der Waals surface area (Å²) in [5.74, 6) is -38.8. The number of hydrogen-bond acceptors (Lipinski definition) is 3. The van der Waals surface area contributed by atoms with Crippen molar-refractivity contribution in [2.45, 2.75) is 55.6 Å². The smallest absolute Gasteiger partial charge is 0.460 e. The van der Waals surface area contributed by atoms with Crippen LogP contribution in [0, 0.1) is 5.41 Å². The summed E-state index contributed by atoms with van der Waals surface area (Å²) >= 11 is 0. The zero-order valence-corrected chi connectivity index (χ0v) is 13.4. The summed E-state index contributed by atoms with van der Waals surface area (Å²) in [6.07, 6.45) is -10.9. The summed E-state index contributed by atoms with van der Waals surface area (Å²) < 4.78 is 170. The Kier molecular flexibility index (Phi) is 7.09. The molecular weight excluding hydrogens is 437 g/mol. The Balaban J connectivity index is 5.68. The maximum absolute atomic E-state index is 13.3. The Hall–Kier alpha value is -1.77. The first-order chi connectivity index (χ1) is 12.1. The molecule has 28 heavy (non-hydrogen) atoms. The minimum Gasteiger partial charge on any atom is -0.465 e. The van der Waals surface area contributed by atoms with Gasteiger partial charge in [0.2, 0.25) is 0 Å². The number of rotatable bonds is 9. The van der Waals surface area contributed by atoms with E-state index in [1.165, 1.54) is 0 Å². The van der Waals surface area contributed by atoms with E-state index in [2.05, 4.69) is 4.74 Å². The Labute approximate surface area is 147 Å². The van der Waals surface area contributed by atoms with E-state index in [9.17, 15) is 61.9 Å². The molecule has 0 aliphatic heterocycles. The number of esters is 1. The van der Waals surface area contributed by atoms with E-state index >= 15 is 0 Å². The van der Waals surface area contributed by atoms with Crippen molar-refractivity contribution in [2.24, 2.45) is 0 Å². The molecule has 0 radical (unpaired) electrons. The Morgan fingerprint density at radius 2 is 1.14 bits per heavy atom. The van der Waals surface area contributed by atoms with Crippen LogP contribution in [0.2, 0.25) is 0 Å². The summed E-state index contributed by atoms with van der Waals surface area (Å²) in [4.78, 5) is 10.9. The van der Waals surface area contributed by atoms with Gasteiger partial charge >= 0.3 is 41.8 Å². The molecule has 0 aromatic carbocycles.